The summed E-state index contributed by atoms with van der Waals surface area (Å²) in [5.74, 6) is 0.722. The first-order valence-corrected chi connectivity index (χ1v) is 6.62. The lowest BCUT2D eigenvalue weighted by Gasteiger charge is -2.20. The third kappa shape index (κ3) is 4.22. The quantitative estimate of drug-likeness (QED) is 0.924. The van der Waals surface area contributed by atoms with Gasteiger partial charge < -0.3 is 10.2 Å². The van der Waals surface area contributed by atoms with E-state index in [1.165, 1.54) is 11.1 Å². The number of amides is 1. The number of carbonyl (C=O) groups is 1. The Morgan fingerprint density at radius 1 is 1.32 bits per heavy atom. The second-order valence-corrected chi connectivity index (χ2v) is 5.36. The van der Waals surface area contributed by atoms with Crippen molar-refractivity contribution in [3.63, 3.8) is 0 Å². The van der Waals surface area contributed by atoms with Gasteiger partial charge in [0.2, 0.25) is 5.91 Å². The lowest BCUT2D eigenvalue weighted by atomic mass is 10.0. The third-order valence-corrected chi connectivity index (χ3v) is 3.59. The maximum Gasteiger partial charge on any atom is 0.227 e. The molecule has 1 amide bonds. The molecule has 1 N–H and O–H groups in total. The molecule has 0 radical (unpaired) electrons. The molecule has 1 fully saturated rings. The molecule has 0 saturated carbocycles. The highest BCUT2D eigenvalue weighted by atomic mass is 35.5. The van der Waals surface area contributed by atoms with Crippen LogP contribution < -0.4 is 10.2 Å². The molecule has 1 aliphatic heterocycles. The first-order valence-electron chi connectivity index (χ1n) is 6.62. The van der Waals surface area contributed by atoms with E-state index in [1.807, 2.05) is 7.05 Å². The Kier molecular flexibility index (Phi) is 5.83. The van der Waals surface area contributed by atoms with Gasteiger partial charge in [0, 0.05) is 19.2 Å². The average Bonchev–Trinajstić information content (AvgIpc) is 2.79. The van der Waals surface area contributed by atoms with Gasteiger partial charge in [-0.05, 0) is 62.5 Å². The smallest absolute Gasteiger partial charge is 0.227 e. The molecule has 1 aliphatic rings. The van der Waals surface area contributed by atoms with E-state index in [0.29, 0.717) is 12.3 Å². The second kappa shape index (κ2) is 6.92. The fraction of sp³-hybridized carbons (Fsp3) is 0.533. The molecule has 106 valence electrons. The third-order valence-electron chi connectivity index (χ3n) is 3.59. The number of anilines is 1. The Hall–Kier alpha value is -1.06. The largest absolute Gasteiger partial charge is 0.316 e. The van der Waals surface area contributed by atoms with Gasteiger partial charge in [-0.15, -0.1) is 12.4 Å². The summed E-state index contributed by atoms with van der Waals surface area (Å²) in [5.41, 5.74) is 3.41. The minimum atomic E-state index is 0. The monoisotopic (exact) mass is 282 g/mol. The molecule has 0 spiro atoms. The van der Waals surface area contributed by atoms with Crippen molar-refractivity contribution in [1.82, 2.24) is 5.32 Å². The average molecular weight is 283 g/mol. The number of halogens is 1. The fourth-order valence-electron chi connectivity index (χ4n) is 2.56. The van der Waals surface area contributed by atoms with E-state index in [4.69, 9.17) is 0 Å². The van der Waals surface area contributed by atoms with Crippen LogP contribution in [0.2, 0.25) is 0 Å². The minimum absolute atomic E-state index is 0. The first-order chi connectivity index (χ1) is 8.56. The number of nitrogens with zero attached hydrogens (tertiary/aromatic N) is 1. The molecule has 1 unspecified atom stereocenters. The number of benzene rings is 1. The van der Waals surface area contributed by atoms with E-state index < -0.39 is 0 Å². The molecule has 4 heteroatoms. The SMILES string of the molecule is Cc1cc(C)cc(N(C)C(=O)CC2CCNC2)c1.Cl. The zero-order valence-electron chi connectivity index (χ0n) is 11.9. The zero-order chi connectivity index (χ0) is 13.1. The van der Waals surface area contributed by atoms with Crippen LogP contribution in [0, 0.1) is 19.8 Å². The lowest BCUT2D eigenvalue weighted by Crippen LogP contribution is -2.28. The molecule has 0 bridgehead atoms. The Morgan fingerprint density at radius 2 is 1.95 bits per heavy atom. The van der Waals surface area contributed by atoms with Crippen molar-refractivity contribution in [3.05, 3.63) is 29.3 Å². The summed E-state index contributed by atoms with van der Waals surface area (Å²) in [7, 11) is 1.87. The topological polar surface area (TPSA) is 32.3 Å². The van der Waals surface area contributed by atoms with E-state index in [2.05, 4.69) is 37.4 Å². The van der Waals surface area contributed by atoms with Gasteiger partial charge in [0.1, 0.15) is 0 Å². The molecule has 1 heterocycles. The van der Waals surface area contributed by atoms with Crippen LogP contribution in [0.5, 0.6) is 0 Å². The number of rotatable bonds is 3. The fourth-order valence-corrected chi connectivity index (χ4v) is 2.56. The van der Waals surface area contributed by atoms with Crippen LogP contribution >= 0.6 is 12.4 Å². The standard InChI is InChI=1S/C15H22N2O.ClH/c1-11-6-12(2)8-14(7-11)17(3)15(18)9-13-4-5-16-10-13;/h6-8,13,16H,4-5,9-10H2,1-3H3;1H. The number of carbonyl (C=O) groups excluding carboxylic acids is 1. The van der Waals surface area contributed by atoms with Crippen molar-refractivity contribution in [2.24, 2.45) is 5.92 Å². The Morgan fingerprint density at radius 3 is 2.47 bits per heavy atom. The molecule has 1 saturated heterocycles. The van der Waals surface area contributed by atoms with Crippen LogP contribution in [0.15, 0.2) is 18.2 Å². The highest BCUT2D eigenvalue weighted by Gasteiger charge is 2.20. The van der Waals surface area contributed by atoms with Crippen LogP contribution in [-0.4, -0.2) is 26.0 Å². The van der Waals surface area contributed by atoms with Crippen molar-refractivity contribution in [2.45, 2.75) is 26.7 Å². The summed E-state index contributed by atoms with van der Waals surface area (Å²) in [4.78, 5) is 14.0. The highest BCUT2D eigenvalue weighted by molar-refractivity contribution is 5.93. The van der Waals surface area contributed by atoms with Gasteiger partial charge in [-0.3, -0.25) is 4.79 Å². The van der Waals surface area contributed by atoms with Crippen LogP contribution in [0.25, 0.3) is 0 Å². The summed E-state index contributed by atoms with van der Waals surface area (Å²) in [6.45, 7) is 6.16. The van der Waals surface area contributed by atoms with E-state index >= 15 is 0 Å². The van der Waals surface area contributed by atoms with Gasteiger partial charge in [0.05, 0.1) is 0 Å². The molecule has 3 nitrogen and oxygen atoms in total. The van der Waals surface area contributed by atoms with Gasteiger partial charge in [-0.2, -0.15) is 0 Å². The Labute approximate surface area is 121 Å². The van der Waals surface area contributed by atoms with Crippen molar-refractivity contribution in [2.75, 3.05) is 25.0 Å². The second-order valence-electron chi connectivity index (χ2n) is 5.36. The van der Waals surface area contributed by atoms with Crippen LogP contribution in [0.1, 0.15) is 24.0 Å². The summed E-state index contributed by atoms with van der Waals surface area (Å²) in [6.07, 6.45) is 1.77. The van der Waals surface area contributed by atoms with Crippen LogP contribution in [0.3, 0.4) is 0 Å². The molecular formula is C15H23ClN2O. The van der Waals surface area contributed by atoms with E-state index in [9.17, 15) is 4.79 Å². The predicted molar refractivity (Wildman–Crippen MR) is 82.2 cm³/mol. The van der Waals surface area contributed by atoms with Gasteiger partial charge in [-0.1, -0.05) is 6.07 Å². The normalized spacial score (nSPS) is 17.9. The molecule has 19 heavy (non-hydrogen) atoms. The molecule has 0 aromatic heterocycles. The van der Waals surface area contributed by atoms with Gasteiger partial charge >= 0.3 is 0 Å². The van der Waals surface area contributed by atoms with E-state index in [-0.39, 0.29) is 18.3 Å². The Balaban J connectivity index is 0.00000180. The van der Waals surface area contributed by atoms with Crippen molar-refractivity contribution >= 4 is 24.0 Å². The van der Waals surface area contributed by atoms with Gasteiger partial charge in [-0.25, -0.2) is 0 Å². The molecule has 2 rings (SSSR count). The summed E-state index contributed by atoms with van der Waals surface area (Å²) in [5, 5.41) is 3.30. The van der Waals surface area contributed by atoms with Gasteiger partial charge in [0.25, 0.3) is 0 Å². The molecule has 1 aromatic carbocycles. The van der Waals surface area contributed by atoms with E-state index in [0.717, 1.165) is 25.2 Å². The van der Waals surface area contributed by atoms with Crippen molar-refractivity contribution in [3.8, 4) is 0 Å². The van der Waals surface area contributed by atoms with Crippen molar-refractivity contribution in [1.29, 1.82) is 0 Å². The molecular weight excluding hydrogens is 260 g/mol. The number of nitrogens with one attached hydrogen (secondary N) is 1. The highest BCUT2D eigenvalue weighted by Crippen LogP contribution is 2.20. The number of aryl methyl sites for hydroxylation is 2. The molecule has 1 atom stereocenters. The maximum absolute atomic E-state index is 12.2. The van der Waals surface area contributed by atoms with Crippen molar-refractivity contribution < 1.29 is 4.79 Å². The minimum Gasteiger partial charge on any atom is -0.316 e. The molecule has 1 aromatic rings. The summed E-state index contributed by atoms with van der Waals surface area (Å²) in [6, 6.07) is 6.26. The van der Waals surface area contributed by atoms with Crippen LogP contribution in [-0.2, 0) is 4.79 Å². The lowest BCUT2D eigenvalue weighted by molar-refractivity contribution is -0.119. The summed E-state index contributed by atoms with van der Waals surface area (Å²) < 4.78 is 0. The van der Waals surface area contributed by atoms with Gasteiger partial charge in [0.15, 0.2) is 0 Å². The predicted octanol–water partition coefficient (Wildman–Crippen LogP) is 2.69. The first kappa shape index (κ1) is 16.0. The maximum atomic E-state index is 12.2. The van der Waals surface area contributed by atoms with Crippen LogP contribution in [0.4, 0.5) is 5.69 Å². The summed E-state index contributed by atoms with van der Waals surface area (Å²) >= 11 is 0. The zero-order valence-corrected chi connectivity index (χ0v) is 12.7. The Bertz CT molecular complexity index is 422. The number of hydrogen-bond donors (Lipinski definition) is 1. The number of hydrogen-bond acceptors (Lipinski definition) is 2. The van der Waals surface area contributed by atoms with E-state index in [1.54, 1.807) is 4.90 Å². The molecule has 0 aliphatic carbocycles.